The number of nitrogens with zero attached hydrogens (tertiary/aromatic N) is 4. The van der Waals surface area contributed by atoms with E-state index in [-0.39, 0.29) is 22.5 Å². The van der Waals surface area contributed by atoms with Crippen LogP contribution in [0.1, 0.15) is 61.1 Å². The summed E-state index contributed by atoms with van der Waals surface area (Å²) < 4.78 is 39.9. The molecule has 3 fully saturated rings. The van der Waals surface area contributed by atoms with Crippen molar-refractivity contribution in [3.05, 3.63) is 46.8 Å². The largest absolute Gasteiger partial charge is 0.377 e. The second kappa shape index (κ2) is 12.5. The third-order valence-corrected chi connectivity index (χ3v) is 10.7. The minimum atomic E-state index is -3.81. The molecule has 5 rings (SSSR count). The molecule has 1 aromatic heterocycles. The quantitative estimate of drug-likeness (QED) is 0.474. The highest BCUT2D eigenvalue weighted by molar-refractivity contribution is 7.89. The molecule has 0 unspecified atom stereocenters. The van der Waals surface area contributed by atoms with Crippen molar-refractivity contribution in [2.24, 2.45) is 5.92 Å². The van der Waals surface area contributed by atoms with Crippen molar-refractivity contribution in [3.8, 4) is 0 Å². The van der Waals surface area contributed by atoms with Gasteiger partial charge in [-0.1, -0.05) is 41.1 Å². The van der Waals surface area contributed by atoms with Gasteiger partial charge in [-0.05, 0) is 71.1 Å². The summed E-state index contributed by atoms with van der Waals surface area (Å²) in [6.07, 6.45) is 9.09. The molecule has 0 bridgehead atoms. The van der Waals surface area contributed by atoms with Gasteiger partial charge >= 0.3 is 0 Å². The minimum Gasteiger partial charge on any atom is -0.377 e. The predicted molar refractivity (Wildman–Crippen MR) is 154 cm³/mol. The zero-order valence-corrected chi connectivity index (χ0v) is 24.7. The van der Waals surface area contributed by atoms with Gasteiger partial charge in [0.2, 0.25) is 15.9 Å². The van der Waals surface area contributed by atoms with E-state index in [0.29, 0.717) is 43.8 Å². The summed E-state index contributed by atoms with van der Waals surface area (Å²) in [6, 6.07) is 8.42. The molecule has 1 aromatic carbocycles. The van der Waals surface area contributed by atoms with Crippen molar-refractivity contribution in [1.29, 1.82) is 0 Å². The molecule has 0 aliphatic carbocycles. The number of likely N-dealkylation sites (N-methyl/N-ethyl adjacent to an activating group) is 1. The number of piperidine rings is 2. The number of hydrogen-bond acceptors (Lipinski definition) is 7. The SMILES string of the molecule is Cc1ccc(/C=C/c2onc(C)c2S(=O)(=O)N2CCC(C(=O)N3CCC(N(C)C[C@H]4CCCO4)CC3)CC2)cc1. The van der Waals surface area contributed by atoms with Crippen LogP contribution in [0.4, 0.5) is 0 Å². The van der Waals surface area contributed by atoms with Crippen LogP contribution in [0.2, 0.25) is 0 Å². The molecule has 10 heteroatoms. The van der Waals surface area contributed by atoms with Crippen molar-refractivity contribution in [3.63, 3.8) is 0 Å². The number of sulfonamides is 1. The number of amides is 1. The van der Waals surface area contributed by atoms with Gasteiger partial charge in [0.25, 0.3) is 0 Å². The zero-order valence-electron chi connectivity index (χ0n) is 23.9. The fraction of sp³-hybridized carbons (Fsp3) is 0.600. The molecule has 2 aromatic rings. The van der Waals surface area contributed by atoms with Gasteiger partial charge in [0, 0.05) is 51.3 Å². The fourth-order valence-electron chi connectivity index (χ4n) is 6.16. The molecule has 9 nitrogen and oxygen atoms in total. The Morgan fingerprint density at radius 2 is 1.73 bits per heavy atom. The van der Waals surface area contributed by atoms with Gasteiger partial charge in [-0.2, -0.15) is 4.31 Å². The predicted octanol–water partition coefficient (Wildman–Crippen LogP) is 3.96. The summed E-state index contributed by atoms with van der Waals surface area (Å²) >= 11 is 0. The Balaban J connectivity index is 1.15. The zero-order chi connectivity index (χ0) is 28.3. The van der Waals surface area contributed by atoms with Gasteiger partial charge in [0.05, 0.1) is 6.10 Å². The highest BCUT2D eigenvalue weighted by atomic mass is 32.2. The van der Waals surface area contributed by atoms with Crippen molar-refractivity contribution >= 4 is 28.1 Å². The van der Waals surface area contributed by atoms with Crippen molar-refractivity contribution in [2.75, 3.05) is 46.4 Å². The molecule has 3 saturated heterocycles. The van der Waals surface area contributed by atoms with E-state index >= 15 is 0 Å². The molecule has 40 heavy (non-hydrogen) atoms. The first-order valence-corrected chi connectivity index (χ1v) is 16.0. The van der Waals surface area contributed by atoms with E-state index in [1.54, 1.807) is 13.0 Å². The molecule has 218 valence electrons. The molecular weight excluding hydrogens is 528 g/mol. The lowest BCUT2D eigenvalue weighted by atomic mass is 9.94. The second-order valence-electron chi connectivity index (χ2n) is 11.5. The fourth-order valence-corrected chi connectivity index (χ4v) is 7.88. The van der Waals surface area contributed by atoms with E-state index in [4.69, 9.17) is 9.26 Å². The molecule has 0 radical (unpaired) electrons. The Kier molecular flexibility index (Phi) is 9.09. The Morgan fingerprint density at radius 3 is 2.38 bits per heavy atom. The van der Waals surface area contributed by atoms with Crippen molar-refractivity contribution < 1.29 is 22.5 Å². The molecule has 4 heterocycles. The highest BCUT2D eigenvalue weighted by Gasteiger charge is 2.38. The van der Waals surface area contributed by atoms with Crippen LogP contribution in [0, 0.1) is 19.8 Å². The monoisotopic (exact) mass is 570 g/mol. The first-order valence-electron chi connectivity index (χ1n) is 14.5. The van der Waals surface area contributed by atoms with E-state index in [0.717, 1.165) is 63.1 Å². The molecule has 3 aliphatic heterocycles. The maximum absolute atomic E-state index is 13.6. The van der Waals surface area contributed by atoms with E-state index in [1.165, 1.54) is 4.31 Å². The number of aromatic nitrogens is 1. The number of hydrogen-bond donors (Lipinski definition) is 0. The summed E-state index contributed by atoms with van der Waals surface area (Å²) in [4.78, 5) is 17.8. The molecule has 3 aliphatic rings. The Hall–Kier alpha value is -2.53. The normalized spacial score (nSPS) is 22.1. The van der Waals surface area contributed by atoms with Crippen LogP contribution in [-0.2, 0) is 19.6 Å². The van der Waals surface area contributed by atoms with E-state index in [1.807, 2.05) is 42.2 Å². The summed E-state index contributed by atoms with van der Waals surface area (Å²) in [5.74, 6) is 0.251. The number of likely N-dealkylation sites (tertiary alicyclic amines) is 1. The van der Waals surface area contributed by atoms with Gasteiger partial charge in [-0.3, -0.25) is 4.79 Å². The van der Waals surface area contributed by atoms with E-state index in [2.05, 4.69) is 17.1 Å². The lowest BCUT2D eigenvalue weighted by Gasteiger charge is -2.39. The van der Waals surface area contributed by atoms with E-state index in [9.17, 15) is 13.2 Å². The number of ether oxygens (including phenoxy) is 1. The number of carbonyl (C=O) groups is 1. The lowest BCUT2D eigenvalue weighted by molar-refractivity contribution is -0.138. The van der Waals surface area contributed by atoms with Crippen LogP contribution in [0.3, 0.4) is 0 Å². The number of rotatable bonds is 8. The molecule has 0 N–H and O–H groups in total. The first-order chi connectivity index (χ1) is 19.2. The average molecular weight is 571 g/mol. The molecule has 0 saturated carbocycles. The Morgan fingerprint density at radius 1 is 1.02 bits per heavy atom. The average Bonchev–Trinajstić information content (AvgIpc) is 3.62. The standard InChI is InChI=1S/C30H42N4O5S/c1-22-6-8-24(9-7-22)10-11-28-29(23(2)31-39-28)40(36,37)34-18-12-25(13-19-34)30(35)33-16-14-26(15-17-33)32(3)21-27-5-4-20-38-27/h6-11,25-27H,4-5,12-21H2,1-3H3/b11-10+/t27-/m1/s1. The van der Waals surface area contributed by atoms with Gasteiger partial charge in [-0.25, -0.2) is 8.42 Å². The lowest BCUT2D eigenvalue weighted by Crippen LogP contribution is -2.50. The summed E-state index contributed by atoms with van der Waals surface area (Å²) in [6.45, 7) is 7.64. The first kappa shape index (κ1) is 29.0. The summed E-state index contributed by atoms with van der Waals surface area (Å²) in [7, 11) is -1.64. The third kappa shape index (κ3) is 6.51. The molecular formula is C30H42N4O5S. The molecule has 1 atom stereocenters. The van der Waals surface area contributed by atoms with Gasteiger partial charge < -0.3 is 19.1 Å². The number of benzene rings is 1. The smallest absolute Gasteiger partial charge is 0.248 e. The van der Waals surface area contributed by atoms with Crippen LogP contribution < -0.4 is 0 Å². The number of aryl methyl sites for hydroxylation is 2. The Bertz CT molecular complexity index is 1280. The van der Waals surface area contributed by atoms with Gasteiger partial charge in [0.15, 0.2) is 10.7 Å². The van der Waals surface area contributed by atoms with Crippen LogP contribution in [0.15, 0.2) is 33.7 Å². The molecule has 1 amide bonds. The number of carbonyl (C=O) groups excluding carboxylic acids is 1. The third-order valence-electron chi connectivity index (χ3n) is 8.65. The van der Waals surface area contributed by atoms with Crippen molar-refractivity contribution in [2.45, 2.75) is 69.4 Å². The van der Waals surface area contributed by atoms with Crippen LogP contribution in [-0.4, -0.2) is 92.1 Å². The van der Waals surface area contributed by atoms with Gasteiger partial charge in [0.1, 0.15) is 5.69 Å². The van der Waals surface area contributed by atoms with Crippen LogP contribution in [0.25, 0.3) is 12.2 Å². The maximum Gasteiger partial charge on any atom is 0.248 e. The molecule has 0 spiro atoms. The highest BCUT2D eigenvalue weighted by Crippen LogP contribution is 2.30. The topological polar surface area (TPSA) is 96.2 Å². The second-order valence-corrected chi connectivity index (χ2v) is 13.4. The summed E-state index contributed by atoms with van der Waals surface area (Å²) in [5, 5.41) is 3.95. The van der Waals surface area contributed by atoms with Crippen molar-refractivity contribution in [1.82, 2.24) is 19.3 Å². The van der Waals surface area contributed by atoms with Gasteiger partial charge in [-0.15, -0.1) is 0 Å². The summed E-state index contributed by atoms with van der Waals surface area (Å²) in [5.41, 5.74) is 2.44. The van der Waals surface area contributed by atoms with Crippen LogP contribution in [0.5, 0.6) is 0 Å². The van der Waals surface area contributed by atoms with E-state index < -0.39 is 10.0 Å². The van der Waals surface area contributed by atoms with Crippen LogP contribution >= 0.6 is 0 Å². The Labute approximate surface area is 238 Å². The minimum absolute atomic E-state index is 0.106. The maximum atomic E-state index is 13.6.